The molecule has 0 aromatic carbocycles. The van der Waals surface area contributed by atoms with Crippen molar-refractivity contribution in [2.24, 2.45) is 0 Å². The summed E-state index contributed by atoms with van der Waals surface area (Å²) in [6.45, 7) is 4.76. The van der Waals surface area contributed by atoms with Crippen LogP contribution in [-0.2, 0) is 9.53 Å². The van der Waals surface area contributed by atoms with Crippen molar-refractivity contribution in [3.63, 3.8) is 0 Å². The predicted octanol–water partition coefficient (Wildman–Crippen LogP) is 0.279. The zero-order valence-electron chi connectivity index (χ0n) is 7.83. The highest BCUT2D eigenvalue weighted by atomic mass is 127. The van der Waals surface area contributed by atoms with Gasteiger partial charge in [-0.1, -0.05) is 29.5 Å². The van der Waals surface area contributed by atoms with Crippen molar-refractivity contribution in [2.45, 2.75) is 6.92 Å². The molecule has 0 aromatic heterocycles. The average molecular weight is 301 g/mol. The van der Waals surface area contributed by atoms with Crippen molar-refractivity contribution >= 4 is 28.6 Å². The normalized spacial score (nSPS) is 10.5. The maximum absolute atomic E-state index is 10.7. The molecule has 0 fully saturated rings. The molecule has 0 saturated heterocycles. The van der Waals surface area contributed by atoms with Crippen molar-refractivity contribution in [1.82, 2.24) is 4.90 Å². The molecule has 0 aliphatic heterocycles. The van der Waals surface area contributed by atoms with E-state index in [9.17, 15) is 4.79 Å². The van der Waals surface area contributed by atoms with Crippen LogP contribution in [0.4, 0.5) is 0 Å². The van der Waals surface area contributed by atoms with Gasteiger partial charge < -0.3 is 9.84 Å². The lowest BCUT2D eigenvalue weighted by molar-refractivity contribution is -0.140. The van der Waals surface area contributed by atoms with Crippen LogP contribution in [0.25, 0.3) is 0 Å². The smallest absolute Gasteiger partial charge is 0.315 e. The number of ether oxygens (including phenoxy) is 1. The van der Waals surface area contributed by atoms with Gasteiger partial charge >= 0.3 is 5.97 Å². The van der Waals surface area contributed by atoms with Gasteiger partial charge in [0.1, 0.15) is 6.61 Å². The van der Waals surface area contributed by atoms with E-state index in [0.29, 0.717) is 24.1 Å². The van der Waals surface area contributed by atoms with Gasteiger partial charge in [0, 0.05) is 13.1 Å². The van der Waals surface area contributed by atoms with Crippen molar-refractivity contribution in [2.75, 3.05) is 37.3 Å². The van der Waals surface area contributed by atoms with Crippen molar-refractivity contribution in [1.29, 1.82) is 0 Å². The van der Waals surface area contributed by atoms with E-state index >= 15 is 0 Å². The van der Waals surface area contributed by atoms with Crippen LogP contribution in [-0.4, -0.2) is 53.3 Å². The topological polar surface area (TPSA) is 49.8 Å². The van der Waals surface area contributed by atoms with Gasteiger partial charge in [-0.25, -0.2) is 0 Å². The second-order valence-electron chi connectivity index (χ2n) is 2.51. The highest BCUT2D eigenvalue weighted by Crippen LogP contribution is 1.90. The summed E-state index contributed by atoms with van der Waals surface area (Å²) in [5.74, 6) is -0.180. The number of halogens is 1. The molecule has 0 saturated carbocycles. The highest BCUT2D eigenvalue weighted by Gasteiger charge is 2.03. The number of likely N-dealkylation sites (N-methyl/N-ethyl adjacent to an activating group) is 1. The predicted molar refractivity (Wildman–Crippen MR) is 59.0 cm³/mol. The molecule has 0 heterocycles. The lowest BCUT2D eigenvalue weighted by Gasteiger charge is -2.18. The van der Waals surface area contributed by atoms with E-state index in [4.69, 9.17) is 9.84 Å². The van der Waals surface area contributed by atoms with Crippen LogP contribution >= 0.6 is 22.6 Å². The molecule has 0 aromatic rings. The van der Waals surface area contributed by atoms with E-state index in [1.807, 2.05) is 34.4 Å². The summed E-state index contributed by atoms with van der Waals surface area (Å²) in [5, 5.41) is 8.67. The number of esters is 1. The van der Waals surface area contributed by atoms with Crippen LogP contribution < -0.4 is 0 Å². The van der Waals surface area contributed by atoms with Gasteiger partial charge in [0.2, 0.25) is 0 Å². The molecule has 0 amide bonds. The summed E-state index contributed by atoms with van der Waals surface area (Å²) in [7, 11) is 0. The summed E-state index contributed by atoms with van der Waals surface area (Å²) in [4.78, 5) is 12.8. The molecule has 0 unspecified atom stereocenters. The second kappa shape index (κ2) is 8.71. The molecular weight excluding hydrogens is 285 g/mol. The number of aliphatic hydroxyl groups excluding tert-OH is 1. The third-order valence-electron chi connectivity index (χ3n) is 1.64. The second-order valence-corrected chi connectivity index (χ2v) is 3.27. The minimum Gasteiger partial charge on any atom is -0.464 e. The summed E-state index contributed by atoms with van der Waals surface area (Å²) in [5.41, 5.74) is 0. The third-order valence-corrected chi connectivity index (χ3v) is 2.27. The zero-order chi connectivity index (χ0) is 10.1. The number of carbonyl (C=O) groups excluding carboxylic acids is 1. The molecule has 0 aliphatic carbocycles. The number of hydrogen-bond donors (Lipinski definition) is 1. The molecule has 4 nitrogen and oxygen atoms in total. The van der Waals surface area contributed by atoms with Crippen molar-refractivity contribution < 1.29 is 14.6 Å². The number of hydrogen-bond acceptors (Lipinski definition) is 4. The largest absolute Gasteiger partial charge is 0.464 e. The summed E-state index contributed by atoms with van der Waals surface area (Å²) in [6, 6.07) is 0. The fourth-order valence-corrected chi connectivity index (χ4v) is 1.12. The highest BCUT2D eigenvalue weighted by molar-refractivity contribution is 14.1. The van der Waals surface area contributed by atoms with Crippen LogP contribution in [0.2, 0.25) is 0 Å². The molecule has 0 spiro atoms. The van der Waals surface area contributed by atoms with Crippen LogP contribution in [0.15, 0.2) is 0 Å². The Bertz CT molecular complexity index is 143. The van der Waals surface area contributed by atoms with Gasteiger partial charge in [0.15, 0.2) is 0 Å². The Labute approximate surface area is 92.4 Å². The van der Waals surface area contributed by atoms with E-state index in [-0.39, 0.29) is 12.6 Å². The summed E-state index contributed by atoms with van der Waals surface area (Å²) < 4.78 is 5.29. The zero-order valence-corrected chi connectivity index (χ0v) is 9.99. The lowest BCUT2D eigenvalue weighted by Crippen LogP contribution is -2.30. The lowest BCUT2D eigenvalue weighted by atomic mass is 10.5. The Morgan fingerprint density at radius 3 is 2.69 bits per heavy atom. The Morgan fingerprint density at radius 1 is 1.54 bits per heavy atom. The van der Waals surface area contributed by atoms with E-state index in [0.717, 1.165) is 6.54 Å². The number of aliphatic hydroxyl groups is 1. The van der Waals surface area contributed by atoms with Crippen molar-refractivity contribution in [3.05, 3.63) is 0 Å². The number of carbonyl (C=O) groups is 1. The summed E-state index contributed by atoms with van der Waals surface area (Å²) in [6.07, 6.45) is 0. The maximum atomic E-state index is 10.7. The van der Waals surface area contributed by atoms with Gasteiger partial charge in [-0.15, -0.1) is 0 Å². The Kier molecular flexibility index (Phi) is 8.79. The Hall–Kier alpha value is 0.120. The molecular formula is C8H16INO3. The SMILES string of the molecule is CCN(CCO)CCOC(=O)CI. The fourth-order valence-electron chi connectivity index (χ4n) is 0.897. The number of rotatable bonds is 7. The molecule has 0 rings (SSSR count). The maximum Gasteiger partial charge on any atom is 0.315 e. The standard InChI is InChI=1S/C8H16INO3/c1-2-10(3-5-11)4-6-13-8(12)7-9/h11H,2-7H2,1H3. The van der Waals surface area contributed by atoms with Gasteiger partial charge in [-0.05, 0) is 6.54 Å². The first-order chi connectivity index (χ1) is 6.24. The van der Waals surface area contributed by atoms with E-state index in [1.54, 1.807) is 0 Å². The quantitative estimate of drug-likeness (QED) is 0.417. The minimum atomic E-state index is -0.180. The molecule has 78 valence electrons. The van der Waals surface area contributed by atoms with E-state index < -0.39 is 0 Å². The molecule has 1 N–H and O–H groups in total. The minimum absolute atomic E-state index is 0.147. The van der Waals surface area contributed by atoms with Crippen LogP contribution in [0.5, 0.6) is 0 Å². The first kappa shape index (κ1) is 13.1. The van der Waals surface area contributed by atoms with E-state index in [1.165, 1.54) is 0 Å². The molecule has 0 aliphatic rings. The molecule has 0 bridgehead atoms. The first-order valence-corrected chi connectivity index (χ1v) is 5.82. The van der Waals surface area contributed by atoms with Crippen molar-refractivity contribution in [3.8, 4) is 0 Å². The fraction of sp³-hybridized carbons (Fsp3) is 0.875. The Morgan fingerprint density at radius 2 is 2.23 bits per heavy atom. The summed E-state index contributed by atoms with van der Waals surface area (Å²) >= 11 is 1.97. The van der Waals surface area contributed by atoms with Gasteiger partial charge in [0.05, 0.1) is 11.0 Å². The van der Waals surface area contributed by atoms with E-state index in [2.05, 4.69) is 0 Å². The van der Waals surface area contributed by atoms with Gasteiger partial charge in [0.25, 0.3) is 0 Å². The molecule has 13 heavy (non-hydrogen) atoms. The Balaban J connectivity index is 3.42. The molecule has 0 radical (unpaired) electrons. The monoisotopic (exact) mass is 301 g/mol. The molecule has 0 atom stereocenters. The van der Waals surface area contributed by atoms with Gasteiger partial charge in [-0.2, -0.15) is 0 Å². The molecule has 5 heteroatoms. The van der Waals surface area contributed by atoms with Crippen LogP contribution in [0.3, 0.4) is 0 Å². The third kappa shape index (κ3) is 7.21. The number of nitrogens with zero attached hydrogens (tertiary/aromatic N) is 1. The van der Waals surface area contributed by atoms with Crippen LogP contribution in [0.1, 0.15) is 6.92 Å². The average Bonchev–Trinajstić information content (AvgIpc) is 2.16. The van der Waals surface area contributed by atoms with Gasteiger partial charge in [-0.3, -0.25) is 9.69 Å². The number of alkyl halides is 1. The van der Waals surface area contributed by atoms with Crippen LogP contribution in [0, 0.1) is 0 Å². The first-order valence-electron chi connectivity index (χ1n) is 4.29.